The molecule has 0 spiro atoms. The zero-order valence-electron chi connectivity index (χ0n) is 14.2. The molecule has 0 aliphatic carbocycles. The fourth-order valence-electron chi connectivity index (χ4n) is 3.04. The Morgan fingerprint density at radius 3 is 2.88 bits per heavy atom. The lowest BCUT2D eigenvalue weighted by molar-refractivity contribution is -0.129. The average molecular weight is 325 g/mol. The molecular formula is C20H23NO3. The van der Waals surface area contributed by atoms with Crippen LogP contribution in [0, 0.1) is 0 Å². The van der Waals surface area contributed by atoms with Gasteiger partial charge in [-0.1, -0.05) is 30.3 Å². The molecule has 3 rings (SSSR count). The summed E-state index contributed by atoms with van der Waals surface area (Å²) >= 11 is 0. The minimum atomic E-state index is -0.484. The van der Waals surface area contributed by atoms with Crippen molar-refractivity contribution in [3.05, 3.63) is 59.7 Å². The Morgan fingerprint density at radius 2 is 2.04 bits per heavy atom. The molecule has 1 aliphatic heterocycles. The lowest BCUT2D eigenvalue weighted by atomic mass is 10.0. The Morgan fingerprint density at radius 1 is 1.21 bits per heavy atom. The Hall–Kier alpha value is -2.33. The molecule has 4 heteroatoms. The zero-order valence-corrected chi connectivity index (χ0v) is 14.2. The number of ether oxygens (including phenoxy) is 2. The molecule has 1 atom stereocenters. The Labute approximate surface area is 143 Å². The van der Waals surface area contributed by atoms with Gasteiger partial charge < -0.3 is 14.4 Å². The molecule has 0 N–H and O–H groups in total. The van der Waals surface area contributed by atoms with Gasteiger partial charge in [0.05, 0.1) is 13.7 Å². The third kappa shape index (κ3) is 3.60. The summed E-state index contributed by atoms with van der Waals surface area (Å²) in [6, 6.07) is 15.8. The number of amides is 1. The summed E-state index contributed by atoms with van der Waals surface area (Å²) in [5.74, 6) is 0.810. The second kappa shape index (κ2) is 7.49. The van der Waals surface area contributed by atoms with Crippen molar-refractivity contribution in [3.63, 3.8) is 0 Å². The second-order valence-electron chi connectivity index (χ2n) is 6.03. The molecule has 0 saturated heterocycles. The number of hydrogen-bond donors (Lipinski definition) is 0. The number of aryl methyl sites for hydroxylation is 1. The minimum Gasteiger partial charge on any atom is -0.497 e. The minimum absolute atomic E-state index is 0.0186. The number of para-hydroxylation sites is 1. The molecule has 2 aromatic carbocycles. The Balaban J connectivity index is 1.65. The van der Waals surface area contributed by atoms with Gasteiger partial charge in [-0.3, -0.25) is 4.79 Å². The first-order valence-corrected chi connectivity index (χ1v) is 8.33. The Bertz CT molecular complexity index is 714. The van der Waals surface area contributed by atoms with E-state index in [1.54, 1.807) is 7.11 Å². The SMILES string of the molecule is COc1cccc(COC(C)C(=O)N2CCCc3ccccc32)c1. The molecule has 0 saturated carbocycles. The molecule has 24 heavy (non-hydrogen) atoms. The number of methoxy groups -OCH3 is 1. The van der Waals surface area contributed by atoms with Crippen LogP contribution in [-0.2, 0) is 22.6 Å². The molecule has 0 radical (unpaired) electrons. The number of fused-ring (bicyclic) bond motifs is 1. The van der Waals surface area contributed by atoms with E-state index >= 15 is 0 Å². The van der Waals surface area contributed by atoms with Crippen molar-refractivity contribution in [1.29, 1.82) is 0 Å². The first-order valence-electron chi connectivity index (χ1n) is 8.33. The number of anilines is 1. The van der Waals surface area contributed by atoms with E-state index < -0.39 is 6.10 Å². The van der Waals surface area contributed by atoms with E-state index in [1.807, 2.05) is 54.3 Å². The van der Waals surface area contributed by atoms with Crippen molar-refractivity contribution in [2.75, 3.05) is 18.6 Å². The van der Waals surface area contributed by atoms with Gasteiger partial charge in [-0.25, -0.2) is 0 Å². The van der Waals surface area contributed by atoms with E-state index in [-0.39, 0.29) is 5.91 Å². The molecule has 0 fully saturated rings. The first kappa shape index (κ1) is 16.5. The summed E-state index contributed by atoms with van der Waals surface area (Å²) in [4.78, 5) is 14.6. The fraction of sp³-hybridized carbons (Fsp3) is 0.350. The third-order valence-corrected chi connectivity index (χ3v) is 4.36. The lowest BCUT2D eigenvalue weighted by Gasteiger charge is -2.31. The molecule has 1 unspecified atom stereocenters. The lowest BCUT2D eigenvalue weighted by Crippen LogP contribution is -2.42. The number of benzene rings is 2. The number of rotatable bonds is 5. The van der Waals surface area contributed by atoms with Crippen LogP contribution in [0.5, 0.6) is 5.75 Å². The van der Waals surface area contributed by atoms with E-state index in [4.69, 9.17) is 9.47 Å². The average Bonchev–Trinajstić information content (AvgIpc) is 2.65. The van der Waals surface area contributed by atoms with Crippen LogP contribution in [0.15, 0.2) is 48.5 Å². The summed E-state index contributed by atoms with van der Waals surface area (Å²) in [6.45, 7) is 2.96. The smallest absolute Gasteiger partial charge is 0.255 e. The van der Waals surface area contributed by atoms with Crippen LogP contribution < -0.4 is 9.64 Å². The van der Waals surface area contributed by atoms with Crippen LogP contribution in [0.2, 0.25) is 0 Å². The van der Waals surface area contributed by atoms with Gasteiger partial charge in [-0.15, -0.1) is 0 Å². The summed E-state index contributed by atoms with van der Waals surface area (Å²) in [7, 11) is 1.64. The van der Waals surface area contributed by atoms with Crippen molar-refractivity contribution in [2.24, 2.45) is 0 Å². The highest BCUT2D eigenvalue weighted by Crippen LogP contribution is 2.27. The van der Waals surface area contributed by atoms with Crippen LogP contribution in [0.25, 0.3) is 0 Å². The van der Waals surface area contributed by atoms with E-state index in [0.717, 1.165) is 36.4 Å². The van der Waals surface area contributed by atoms with Crippen LogP contribution >= 0.6 is 0 Å². The number of carbonyl (C=O) groups excluding carboxylic acids is 1. The molecule has 126 valence electrons. The predicted octanol–water partition coefficient (Wildman–Crippen LogP) is 3.58. The molecule has 0 bridgehead atoms. The standard InChI is InChI=1S/C20H23NO3/c1-15(24-14-16-7-5-10-18(13-16)23-2)20(22)21-12-6-9-17-8-3-4-11-19(17)21/h3-5,7-8,10-11,13,15H,6,9,12,14H2,1-2H3. The molecule has 1 amide bonds. The van der Waals surface area contributed by atoms with Crippen molar-refractivity contribution in [2.45, 2.75) is 32.5 Å². The van der Waals surface area contributed by atoms with Gasteiger partial charge in [0.25, 0.3) is 5.91 Å². The highest BCUT2D eigenvalue weighted by atomic mass is 16.5. The van der Waals surface area contributed by atoms with Gasteiger partial charge >= 0.3 is 0 Å². The number of carbonyl (C=O) groups is 1. The Kier molecular flexibility index (Phi) is 5.16. The largest absolute Gasteiger partial charge is 0.497 e. The maximum absolute atomic E-state index is 12.8. The van der Waals surface area contributed by atoms with Gasteiger partial charge in [0.2, 0.25) is 0 Å². The highest BCUT2D eigenvalue weighted by molar-refractivity contribution is 5.97. The second-order valence-corrected chi connectivity index (χ2v) is 6.03. The van der Waals surface area contributed by atoms with Crippen molar-refractivity contribution in [1.82, 2.24) is 0 Å². The molecule has 1 heterocycles. The van der Waals surface area contributed by atoms with E-state index in [2.05, 4.69) is 6.07 Å². The van der Waals surface area contributed by atoms with Crippen molar-refractivity contribution < 1.29 is 14.3 Å². The van der Waals surface area contributed by atoms with Gasteiger partial charge in [-0.05, 0) is 49.1 Å². The molecule has 1 aliphatic rings. The summed E-state index contributed by atoms with van der Waals surface area (Å²) in [6.07, 6.45) is 1.53. The fourth-order valence-corrected chi connectivity index (χ4v) is 3.04. The summed E-state index contributed by atoms with van der Waals surface area (Å²) in [5.41, 5.74) is 3.25. The first-order chi connectivity index (χ1) is 11.7. The van der Waals surface area contributed by atoms with Gasteiger partial charge in [-0.2, -0.15) is 0 Å². The summed E-state index contributed by atoms with van der Waals surface area (Å²) < 4.78 is 11.0. The quantitative estimate of drug-likeness (QED) is 0.843. The maximum Gasteiger partial charge on any atom is 0.255 e. The molecule has 2 aromatic rings. The number of nitrogens with zero attached hydrogens (tertiary/aromatic N) is 1. The van der Waals surface area contributed by atoms with Gasteiger partial charge in [0.15, 0.2) is 0 Å². The topological polar surface area (TPSA) is 38.8 Å². The van der Waals surface area contributed by atoms with E-state index in [0.29, 0.717) is 6.61 Å². The van der Waals surface area contributed by atoms with Crippen LogP contribution in [0.1, 0.15) is 24.5 Å². The molecular weight excluding hydrogens is 302 g/mol. The van der Waals surface area contributed by atoms with E-state index in [1.165, 1.54) is 5.56 Å². The predicted molar refractivity (Wildman–Crippen MR) is 94.4 cm³/mol. The van der Waals surface area contributed by atoms with Crippen molar-refractivity contribution in [3.8, 4) is 5.75 Å². The molecule has 0 aromatic heterocycles. The highest BCUT2D eigenvalue weighted by Gasteiger charge is 2.26. The van der Waals surface area contributed by atoms with E-state index in [9.17, 15) is 4.79 Å². The normalized spacial score (nSPS) is 14.8. The maximum atomic E-state index is 12.8. The zero-order chi connectivity index (χ0) is 16.9. The van der Waals surface area contributed by atoms with Crippen LogP contribution in [-0.4, -0.2) is 25.7 Å². The monoisotopic (exact) mass is 325 g/mol. The van der Waals surface area contributed by atoms with Crippen LogP contribution in [0.3, 0.4) is 0 Å². The van der Waals surface area contributed by atoms with Crippen molar-refractivity contribution >= 4 is 11.6 Å². The third-order valence-electron chi connectivity index (χ3n) is 4.36. The van der Waals surface area contributed by atoms with Gasteiger partial charge in [0.1, 0.15) is 11.9 Å². The summed E-state index contributed by atoms with van der Waals surface area (Å²) in [5, 5.41) is 0. The van der Waals surface area contributed by atoms with Crippen LogP contribution in [0.4, 0.5) is 5.69 Å². The molecule has 4 nitrogen and oxygen atoms in total. The number of hydrogen-bond acceptors (Lipinski definition) is 3. The van der Waals surface area contributed by atoms with Gasteiger partial charge in [0, 0.05) is 12.2 Å².